The van der Waals surface area contributed by atoms with Gasteiger partial charge in [0.05, 0.1) is 6.54 Å². The highest BCUT2D eigenvalue weighted by molar-refractivity contribution is 5.92. The van der Waals surface area contributed by atoms with Gasteiger partial charge in [0.2, 0.25) is 5.76 Å². The summed E-state index contributed by atoms with van der Waals surface area (Å²) in [5.74, 6) is 2.62. The van der Waals surface area contributed by atoms with Crippen LogP contribution in [-0.2, 0) is 13.1 Å². The molecule has 0 aliphatic carbocycles. The second-order valence-electron chi connectivity index (χ2n) is 7.81. The standard InChI is InChI=1S/C21H24N6O2.ClH/c1-14-2-4-15(5-3-14)17-12-18(29-25-17)21(28)26-9-6-16(7-10-26)20-24-23-19-13-22-8-11-27(19)20;/h2-5,12,16,22H,6-11,13H2,1H3;1H. The number of piperidine rings is 1. The first kappa shape index (κ1) is 20.6. The van der Waals surface area contributed by atoms with Gasteiger partial charge in [0.15, 0.2) is 0 Å². The quantitative estimate of drug-likeness (QED) is 0.690. The van der Waals surface area contributed by atoms with Crippen LogP contribution < -0.4 is 5.32 Å². The van der Waals surface area contributed by atoms with Crippen molar-refractivity contribution in [3.8, 4) is 11.3 Å². The number of fused-ring (bicyclic) bond motifs is 1. The highest BCUT2D eigenvalue weighted by Crippen LogP contribution is 2.29. The SMILES string of the molecule is Cc1ccc(-c2cc(C(=O)N3CCC(c4nnc5n4CCNC5)CC3)on2)cc1.Cl. The number of nitrogens with zero attached hydrogens (tertiary/aromatic N) is 5. The van der Waals surface area contributed by atoms with Gasteiger partial charge in [-0.3, -0.25) is 4.79 Å². The van der Waals surface area contributed by atoms with Gasteiger partial charge in [0.1, 0.15) is 17.3 Å². The fraction of sp³-hybridized carbons (Fsp3) is 0.429. The lowest BCUT2D eigenvalue weighted by Gasteiger charge is -2.31. The number of rotatable bonds is 3. The van der Waals surface area contributed by atoms with E-state index in [1.165, 1.54) is 5.56 Å². The van der Waals surface area contributed by atoms with Gasteiger partial charge in [0, 0.05) is 43.7 Å². The molecule has 158 valence electrons. The summed E-state index contributed by atoms with van der Waals surface area (Å²) in [5, 5.41) is 16.2. The maximum Gasteiger partial charge on any atom is 0.292 e. The molecule has 0 atom stereocenters. The number of likely N-dealkylation sites (tertiary alicyclic amines) is 1. The van der Waals surface area contributed by atoms with Crippen molar-refractivity contribution in [2.24, 2.45) is 0 Å². The minimum absolute atomic E-state index is 0. The Morgan fingerprint density at radius 3 is 2.67 bits per heavy atom. The molecule has 3 aromatic rings. The fourth-order valence-corrected chi connectivity index (χ4v) is 4.15. The third-order valence-corrected chi connectivity index (χ3v) is 5.87. The number of aryl methyl sites for hydroxylation is 1. The molecule has 0 unspecified atom stereocenters. The first-order valence-corrected chi connectivity index (χ1v) is 10.1. The summed E-state index contributed by atoms with van der Waals surface area (Å²) < 4.78 is 7.60. The van der Waals surface area contributed by atoms with Crippen LogP contribution in [0, 0.1) is 6.92 Å². The molecule has 0 spiro atoms. The van der Waals surface area contributed by atoms with E-state index in [0.29, 0.717) is 30.5 Å². The number of hydrogen-bond donors (Lipinski definition) is 1. The lowest BCUT2D eigenvalue weighted by atomic mass is 9.95. The lowest BCUT2D eigenvalue weighted by molar-refractivity contribution is 0.0668. The molecule has 2 aromatic heterocycles. The highest BCUT2D eigenvalue weighted by atomic mass is 35.5. The first-order chi connectivity index (χ1) is 14.2. The van der Waals surface area contributed by atoms with Gasteiger partial charge in [-0.25, -0.2) is 0 Å². The molecule has 30 heavy (non-hydrogen) atoms. The number of amides is 1. The Morgan fingerprint density at radius 1 is 1.13 bits per heavy atom. The Bertz CT molecular complexity index is 1020. The molecule has 0 radical (unpaired) electrons. The Balaban J connectivity index is 0.00000218. The molecule has 2 aliphatic heterocycles. The second-order valence-corrected chi connectivity index (χ2v) is 7.81. The minimum atomic E-state index is -0.0956. The Kier molecular flexibility index (Phi) is 5.87. The van der Waals surface area contributed by atoms with Crippen LogP contribution in [0.25, 0.3) is 11.3 Å². The van der Waals surface area contributed by atoms with Crippen molar-refractivity contribution in [1.29, 1.82) is 0 Å². The molecule has 9 heteroatoms. The van der Waals surface area contributed by atoms with E-state index in [4.69, 9.17) is 4.52 Å². The molecule has 1 amide bonds. The number of carbonyl (C=O) groups excluding carboxylic acids is 1. The van der Waals surface area contributed by atoms with Gasteiger partial charge in [0.25, 0.3) is 5.91 Å². The van der Waals surface area contributed by atoms with Gasteiger partial charge in [-0.15, -0.1) is 22.6 Å². The van der Waals surface area contributed by atoms with E-state index in [-0.39, 0.29) is 18.3 Å². The minimum Gasteiger partial charge on any atom is -0.350 e. The molecular weight excluding hydrogens is 404 g/mol. The summed E-state index contributed by atoms with van der Waals surface area (Å²) in [6.07, 6.45) is 1.77. The number of halogens is 1. The zero-order valence-electron chi connectivity index (χ0n) is 16.9. The first-order valence-electron chi connectivity index (χ1n) is 10.1. The van der Waals surface area contributed by atoms with E-state index >= 15 is 0 Å². The molecule has 1 aromatic carbocycles. The fourth-order valence-electron chi connectivity index (χ4n) is 4.15. The molecule has 1 fully saturated rings. The summed E-state index contributed by atoms with van der Waals surface area (Å²) in [6.45, 7) is 6.05. The van der Waals surface area contributed by atoms with E-state index in [1.807, 2.05) is 36.1 Å². The van der Waals surface area contributed by atoms with E-state index in [9.17, 15) is 4.79 Å². The highest BCUT2D eigenvalue weighted by Gasteiger charge is 2.30. The monoisotopic (exact) mass is 428 g/mol. The Hall–Kier alpha value is -2.71. The van der Waals surface area contributed by atoms with Gasteiger partial charge in [-0.05, 0) is 19.8 Å². The molecule has 0 bridgehead atoms. The number of aromatic nitrogens is 4. The molecule has 2 aliphatic rings. The third kappa shape index (κ3) is 3.85. The van der Waals surface area contributed by atoms with Crippen LogP contribution in [0.4, 0.5) is 0 Å². The van der Waals surface area contributed by atoms with Crippen LogP contribution in [-0.4, -0.2) is 50.4 Å². The van der Waals surface area contributed by atoms with Crippen LogP contribution in [0.1, 0.15) is 46.5 Å². The average molecular weight is 429 g/mol. The van der Waals surface area contributed by atoms with Crippen LogP contribution >= 0.6 is 12.4 Å². The maximum atomic E-state index is 12.9. The summed E-state index contributed by atoms with van der Waals surface area (Å²) in [5.41, 5.74) is 2.82. The van der Waals surface area contributed by atoms with Gasteiger partial charge in [-0.2, -0.15) is 0 Å². The van der Waals surface area contributed by atoms with E-state index < -0.39 is 0 Å². The van der Waals surface area contributed by atoms with Gasteiger partial charge < -0.3 is 19.3 Å². The maximum absolute atomic E-state index is 12.9. The van der Waals surface area contributed by atoms with Crippen LogP contribution in [0.2, 0.25) is 0 Å². The number of nitrogens with one attached hydrogen (secondary N) is 1. The number of benzene rings is 1. The molecular formula is C21H25ClN6O2. The van der Waals surface area contributed by atoms with Crippen molar-refractivity contribution in [3.05, 3.63) is 53.3 Å². The predicted molar refractivity (Wildman–Crippen MR) is 114 cm³/mol. The van der Waals surface area contributed by atoms with Crippen molar-refractivity contribution in [1.82, 2.24) is 30.1 Å². The number of hydrogen-bond acceptors (Lipinski definition) is 6. The van der Waals surface area contributed by atoms with E-state index in [2.05, 4.69) is 25.2 Å². The van der Waals surface area contributed by atoms with E-state index in [0.717, 1.165) is 49.7 Å². The molecule has 1 saturated heterocycles. The normalized spacial score (nSPS) is 16.8. The average Bonchev–Trinajstić information content (AvgIpc) is 3.42. The lowest BCUT2D eigenvalue weighted by Crippen LogP contribution is -2.38. The smallest absolute Gasteiger partial charge is 0.292 e. The van der Waals surface area contributed by atoms with Gasteiger partial charge >= 0.3 is 0 Å². The molecule has 4 heterocycles. The molecule has 5 rings (SSSR count). The Morgan fingerprint density at radius 2 is 1.90 bits per heavy atom. The van der Waals surface area contributed by atoms with Crippen molar-refractivity contribution in [2.75, 3.05) is 19.6 Å². The topological polar surface area (TPSA) is 89.1 Å². The Labute approximate surface area is 181 Å². The van der Waals surface area contributed by atoms with Crippen molar-refractivity contribution < 1.29 is 9.32 Å². The van der Waals surface area contributed by atoms with Crippen molar-refractivity contribution in [3.63, 3.8) is 0 Å². The van der Waals surface area contributed by atoms with Crippen LogP contribution in [0.15, 0.2) is 34.9 Å². The van der Waals surface area contributed by atoms with Crippen LogP contribution in [0.3, 0.4) is 0 Å². The largest absolute Gasteiger partial charge is 0.350 e. The summed E-state index contributed by atoms with van der Waals surface area (Å²) in [7, 11) is 0. The summed E-state index contributed by atoms with van der Waals surface area (Å²) >= 11 is 0. The molecule has 8 nitrogen and oxygen atoms in total. The van der Waals surface area contributed by atoms with Crippen molar-refractivity contribution >= 4 is 18.3 Å². The summed E-state index contributed by atoms with van der Waals surface area (Å²) in [6, 6.07) is 9.76. The predicted octanol–water partition coefficient (Wildman–Crippen LogP) is 2.79. The van der Waals surface area contributed by atoms with Crippen molar-refractivity contribution in [2.45, 2.75) is 38.8 Å². The number of carbonyl (C=O) groups is 1. The summed E-state index contributed by atoms with van der Waals surface area (Å²) in [4.78, 5) is 14.7. The molecule has 0 saturated carbocycles. The molecule has 1 N–H and O–H groups in total. The van der Waals surface area contributed by atoms with Gasteiger partial charge in [-0.1, -0.05) is 35.0 Å². The van der Waals surface area contributed by atoms with Crippen LogP contribution in [0.5, 0.6) is 0 Å². The second kappa shape index (κ2) is 8.57. The zero-order chi connectivity index (χ0) is 19.8. The third-order valence-electron chi connectivity index (χ3n) is 5.87. The zero-order valence-corrected chi connectivity index (χ0v) is 17.7. The van der Waals surface area contributed by atoms with E-state index in [1.54, 1.807) is 6.07 Å².